The van der Waals surface area contributed by atoms with Crippen LogP contribution < -0.4 is 10.2 Å². The molecule has 20 rings (SSSR count). The minimum Gasteiger partial charge on any atom is -0.359 e. The summed E-state index contributed by atoms with van der Waals surface area (Å²) in [4.78, 5) is 20.0. The van der Waals surface area contributed by atoms with E-state index in [1.54, 1.807) is 0 Å². The maximum absolute atomic E-state index is 6.03. The fourth-order valence-corrected chi connectivity index (χ4v) is 16.3. The molecule has 6 nitrogen and oxygen atoms in total. The number of amidine groups is 1. The van der Waals surface area contributed by atoms with E-state index in [2.05, 4.69) is 367 Å². The molecule has 0 bridgehead atoms. The highest BCUT2D eigenvalue weighted by atomic mass is 15.3. The maximum atomic E-state index is 6.03. The molecule has 16 aromatic carbocycles. The summed E-state index contributed by atoms with van der Waals surface area (Å²) < 4.78 is 2.34. The molecule has 0 amide bonds. The van der Waals surface area contributed by atoms with E-state index in [4.69, 9.17) is 15.0 Å². The Balaban J connectivity index is 0.805. The van der Waals surface area contributed by atoms with Gasteiger partial charge in [0.05, 0.1) is 34.5 Å². The third kappa shape index (κ3) is 9.36. The molecule has 1 aromatic heterocycles. The molecule has 3 heterocycles. The molecule has 17 aromatic rings. The third-order valence-corrected chi connectivity index (χ3v) is 20.9. The number of aromatic nitrogens is 2. The van der Waals surface area contributed by atoms with Gasteiger partial charge in [0, 0.05) is 56.2 Å². The number of nitrogens with one attached hydrogen (secondary N) is 1. The summed E-state index contributed by atoms with van der Waals surface area (Å²) in [6.07, 6.45) is 4.76. The van der Waals surface area contributed by atoms with Crippen molar-refractivity contribution in [2.24, 2.45) is 9.98 Å². The highest BCUT2D eigenvalue weighted by Gasteiger charge is 2.39. The Morgan fingerprint density at radius 1 is 0.360 bits per heavy atom. The van der Waals surface area contributed by atoms with E-state index in [1.165, 1.54) is 75.8 Å². The minimum atomic E-state index is -0.383. The molecule has 0 saturated heterocycles. The van der Waals surface area contributed by atoms with Crippen molar-refractivity contribution in [3.8, 4) is 39.6 Å². The molecule has 1 N–H and O–H groups in total. The fourth-order valence-electron chi connectivity index (χ4n) is 16.3. The molecule has 0 fully saturated rings. The van der Waals surface area contributed by atoms with Crippen molar-refractivity contribution in [2.45, 2.75) is 18.1 Å². The van der Waals surface area contributed by atoms with E-state index in [-0.39, 0.29) is 18.1 Å². The monoisotopic (exact) mass is 1270 g/mol. The van der Waals surface area contributed by atoms with Gasteiger partial charge in [-0.15, -0.1) is 0 Å². The molecule has 100 heavy (non-hydrogen) atoms. The summed E-state index contributed by atoms with van der Waals surface area (Å²) in [7, 11) is 0. The van der Waals surface area contributed by atoms with E-state index < -0.39 is 0 Å². The molecule has 0 spiro atoms. The number of anilines is 1. The van der Waals surface area contributed by atoms with E-state index in [0.717, 1.165) is 101 Å². The van der Waals surface area contributed by atoms with Crippen molar-refractivity contribution < 1.29 is 0 Å². The smallest absolute Gasteiger partial charge is 0.155 e. The Morgan fingerprint density at radius 3 is 1.47 bits per heavy atom. The number of benzene rings is 16. The van der Waals surface area contributed by atoms with Crippen LogP contribution in [-0.4, -0.2) is 27.1 Å². The van der Waals surface area contributed by atoms with Crippen LogP contribution in [-0.2, 0) is 0 Å². The van der Waals surface area contributed by atoms with Gasteiger partial charge in [-0.05, 0) is 135 Å². The lowest BCUT2D eigenvalue weighted by Gasteiger charge is -2.34. The Bertz CT molecular complexity index is 6160. The zero-order valence-corrected chi connectivity index (χ0v) is 54.5. The predicted octanol–water partition coefficient (Wildman–Crippen LogP) is 22.7. The van der Waals surface area contributed by atoms with Gasteiger partial charge in [-0.2, -0.15) is 0 Å². The van der Waals surface area contributed by atoms with Gasteiger partial charge in [0.1, 0.15) is 12.0 Å². The topological polar surface area (TPSA) is 57.8 Å². The number of allylic oxidation sites excluding steroid dienone is 2. The van der Waals surface area contributed by atoms with Crippen LogP contribution in [0.15, 0.2) is 367 Å². The van der Waals surface area contributed by atoms with Crippen molar-refractivity contribution in [3.63, 3.8) is 0 Å². The van der Waals surface area contributed by atoms with Gasteiger partial charge in [-0.3, -0.25) is 9.56 Å². The van der Waals surface area contributed by atoms with Crippen LogP contribution >= 0.6 is 0 Å². The van der Waals surface area contributed by atoms with Crippen molar-refractivity contribution in [3.05, 3.63) is 396 Å². The van der Waals surface area contributed by atoms with Gasteiger partial charge in [-0.1, -0.05) is 309 Å². The Kier molecular flexibility index (Phi) is 13.4. The van der Waals surface area contributed by atoms with Gasteiger partial charge in [-0.25, -0.2) is 9.98 Å². The van der Waals surface area contributed by atoms with Crippen molar-refractivity contribution >= 4 is 98.8 Å². The van der Waals surface area contributed by atoms with Crippen molar-refractivity contribution in [2.75, 3.05) is 4.90 Å². The summed E-state index contributed by atoms with van der Waals surface area (Å²) in [6, 6.07) is 123. The number of hydrogen-bond acceptors (Lipinski definition) is 5. The van der Waals surface area contributed by atoms with Crippen LogP contribution in [0.1, 0.15) is 51.0 Å². The summed E-state index contributed by atoms with van der Waals surface area (Å²) in [6.45, 7) is 0. The largest absolute Gasteiger partial charge is 0.359 e. The second-order valence-electron chi connectivity index (χ2n) is 26.5. The van der Waals surface area contributed by atoms with Crippen LogP contribution in [0.25, 0.3) is 121 Å². The van der Waals surface area contributed by atoms with Crippen LogP contribution in [0, 0.1) is 0 Å². The van der Waals surface area contributed by atoms with Crippen LogP contribution in [0.4, 0.5) is 5.69 Å². The quantitative estimate of drug-likeness (QED) is 0.124. The van der Waals surface area contributed by atoms with Gasteiger partial charge < -0.3 is 10.2 Å². The minimum absolute atomic E-state index is 0.202. The molecule has 0 saturated carbocycles. The summed E-state index contributed by atoms with van der Waals surface area (Å²) in [5.74, 6) is 1.31. The summed E-state index contributed by atoms with van der Waals surface area (Å²) in [5.41, 5.74) is 20.1. The standard InChI is InChI=1S/C94H62N6/c1-7-21-65(22-8-1)87-90(68-25-11-3-12-26-68)99(93(97-87)71-29-15-5-16-30-71)74-49-41-67(42-50-74)86-81-58-73(76-53-45-63-39-37-59-33-19-35-61-47-55-78(76)84(63)82(59)61)57-80(77-54-46-64-40-38-60-34-20-36-62-48-56-79(77)85(64)83(60)62)89(81)96-92(95-86)70-43-51-75(52-44-70)100-91(69-27-13-4-14-28-69)88(66-23-9-2-10-24-66)98-94(100)72-31-17-6-18-32-72/h1-58,80,89,94,98H. The van der Waals surface area contributed by atoms with E-state index in [0.29, 0.717) is 5.84 Å². The number of nitrogens with zero attached hydrogens (tertiary/aromatic N) is 5. The van der Waals surface area contributed by atoms with E-state index in [9.17, 15) is 0 Å². The highest BCUT2D eigenvalue weighted by molar-refractivity contribution is 6.28. The number of hydrogen-bond donors (Lipinski definition) is 1. The predicted molar refractivity (Wildman–Crippen MR) is 417 cm³/mol. The zero-order chi connectivity index (χ0) is 65.8. The van der Waals surface area contributed by atoms with Gasteiger partial charge in [0.25, 0.3) is 0 Å². The Morgan fingerprint density at radius 2 is 0.850 bits per heavy atom. The molecule has 468 valence electrons. The van der Waals surface area contributed by atoms with E-state index in [1.807, 2.05) is 0 Å². The highest BCUT2D eigenvalue weighted by Crippen LogP contribution is 2.49. The lowest BCUT2D eigenvalue weighted by molar-refractivity contribution is 0.679. The Labute approximate surface area is 579 Å². The van der Waals surface area contributed by atoms with Gasteiger partial charge >= 0.3 is 0 Å². The summed E-state index contributed by atoms with van der Waals surface area (Å²) >= 11 is 0. The number of fused-ring (bicyclic) bond motifs is 1. The Hall–Kier alpha value is -13.0. The first-order chi connectivity index (χ1) is 49.6. The van der Waals surface area contributed by atoms with Crippen LogP contribution in [0.2, 0.25) is 0 Å². The molecular weight excluding hydrogens is 1210 g/mol. The first-order valence-electron chi connectivity index (χ1n) is 34.5. The molecule has 3 atom stereocenters. The summed E-state index contributed by atoms with van der Waals surface area (Å²) in [5, 5.41) is 19.1. The average molecular weight is 1280 g/mol. The molecule has 6 heteroatoms. The average Bonchev–Trinajstić information content (AvgIpc) is 0.986. The molecule has 3 aliphatic rings. The van der Waals surface area contributed by atoms with Crippen molar-refractivity contribution in [1.82, 2.24) is 14.9 Å². The van der Waals surface area contributed by atoms with E-state index >= 15 is 0 Å². The SMILES string of the molecule is C1=C(c2ccc3ccc4cccc5ccc2c3c45)C=C2C(c3ccc(-n4c(-c5ccccc5)nc(-c5ccccc5)c4-c4ccccc4)cc3)=NC(c3ccc(N4C(c5ccccc5)=C(c5ccccc5)NC4c4ccccc4)cc3)=NC2C1c1ccc2ccc3cccc4ccc1c2c34. The number of aliphatic imine (C=N–C) groups is 2. The maximum Gasteiger partial charge on any atom is 0.155 e. The van der Waals surface area contributed by atoms with Crippen LogP contribution in [0.5, 0.6) is 0 Å². The number of rotatable bonds is 12. The molecular formula is C94H62N6. The fraction of sp³-hybridized carbons (Fsp3) is 0.0319. The number of imidazole rings is 1. The molecule has 0 radical (unpaired) electrons. The lowest BCUT2D eigenvalue weighted by Crippen LogP contribution is -2.32. The second-order valence-corrected chi connectivity index (χ2v) is 26.5. The van der Waals surface area contributed by atoms with Gasteiger partial charge in [0.2, 0.25) is 0 Å². The second kappa shape index (κ2) is 23.4. The third-order valence-electron chi connectivity index (χ3n) is 20.9. The van der Waals surface area contributed by atoms with Crippen LogP contribution in [0.3, 0.4) is 0 Å². The zero-order valence-electron chi connectivity index (χ0n) is 54.5. The molecule has 2 aliphatic heterocycles. The van der Waals surface area contributed by atoms with Gasteiger partial charge in [0.15, 0.2) is 5.84 Å². The molecule has 3 unspecified atom stereocenters. The molecule has 1 aliphatic carbocycles. The first kappa shape index (κ1) is 57.2. The lowest BCUT2D eigenvalue weighted by atomic mass is 9.74. The van der Waals surface area contributed by atoms with Crippen molar-refractivity contribution in [1.29, 1.82) is 0 Å². The first-order valence-corrected chi connectivity index (χ1v) is 34.5. The normalized spacial score (nSPS) is 16.2.